The van der Waals surface area contributed by atoms with Crippen LogP contribution in [0.4, 0.5) is 18.0 Å². The Hall–Kier alpha value is -2.53. The number of hydrogen-bond acceptors (Lipinski definition) is 5. The van der Waals surface area contributed by atoms with Gasteiger partial charge in [-0.2, -0.15) is 13.2 Å². The molecule has 0 bridgehead atoms. The van der Waals surface area contributed by atoms with E-state index in [0.29, 0.717) is 5.56 Å². The number of nitrogens with zero attached hydrogens (tertiary/aromatic N) is 1. The molecule has 1 aromatic carbocycles. The number of hydrogen-bond donors (Lipinski definition) is 1. The molecule has 11 heteroatoms. The zero-order valence-corrected chi connectivity index (χ0v) is 20.6. The predicted octanol–water partition coefficient (Wildman–Crippen LogP) is 3.88. The third kappa shape index (κ3) is 4.95. The maximum Gasteiger partial charge on any atom is 0.501 e. The number of alkyl carbamates (subject to hydrolysis) is 1. The van der Waals surface area contributed by atoms with Crippen molar-refractivity contribution >= 4 is 29.6 Å². The average molecular weight is 482 g/mol. The molecule has 2 aromatic rings. The summed E-state index contributed by atoms with van der Waals surface area (Å²) in [5, 5.41) is 2.34. The summed E-state index contributed by atoms with van der Waals surface area (Å²) in [6.45, 7) is 11.9. The van der Waals surface area contributed by atoms with Gasteiger partial charge < -0.3 is 23.9 Å². The number of aromatic nitrogens is 1. The highest BCUT2D eigenvalue weighted by Gasteiger charge is 2.55. The maximum atomic E-state index is 14.4. The number of fused-ring (bicyclic) bond motifs is 1. The molecule has 0 aliphatic carbocycles. The van der Waals surface area contributed by atoms with E-state index in [4.69, 9.17) is 14.0 Å². The van der Waals surface area contributed by atoms with Crippen molar-refractivity contribution in [3.8, 4) is 0 Å². The van der Waals surface area contributed by atoms with Crippen molar-refractivity contribution in [2.24, 2.45) is 7.05 Å². The molecule has 1 N–H and O–H groups in total. The fourth-order valence-corrected chi connectivity index (χ4v) is 3.70. The molecular formula is C23H30BF3N2O5. The molecule has 3 rings (SSSR count). The number of alkyl halides is 3. The van der Waals surface area contributed by atoms with E-state index in [1.54, 1.807) is 54.5 Å². The summed E-state index contributed by atoms with van der Waals surface area (Å²) in [5.74, 6) is 0. The number of halogens is 3. The maximum absolute atomic E-state index is 14.4. The van der Waals surface area contributed by atoms with Crippen LogP contribution in [-0.4, -0.2) is 34.6 Å². The van der Waals surface area contributed by atoms with Crippen molar-refractivity contribution in [1.82, 2.24) is 9.88 Å². The monoisotopic (exact) mass is 482 g/mol. The van der Waals surface area contributed by atoms with Crippen LogP contribution in [0, 0.1) is 0 Å². The van der Waals surface area contributed by atoms with Crippen molar-refractivity contribution in [1.29, 1.82) is 0 Å². The Morgan fingerprint density at radius 2 is 1.68 bits per heavy atom. The Labute approximate surface area is 196 Å². The minimum absolute atomic E-state index is 0.0587. The van der Waals surface area contributed by atoms with E-state index in [2.05, 4.69) is 5.32 Å². The normalized spacial score (nSPS) is 17.8. The molecule has 1 amide bonds. The zero-order chi connectivity index (χ0) is 25.9. The van der Waals surface area contributed by atoms with Crippen LogP contribution in [0.25, 0.3) is 10.9 Å². The van der Waals surface area contributed by atoms with Gasteiger partial charge in [0.05, 0.1) is 27.7 Å². The predicted molar refractivity (Wildman–Crippen MR) is 123 cm³/mol. The van der Waals surface area contributed by atoms with Gasteiger partial charge in [0.1, 0.15) is 5.60 Å². The molecule has 0 atom stereocenters. The number of carbonyl (C=O) groups excluding carboxylic acids is 1. The van der Waals surface area contributed by atoms with E-state index in [1.165, 1.54) is 19.2 Å². The van der Waals surface area contributed by atoms with Crippen LogP contribution in [-0.2, 0) is 33.8 Å². The van der Waals surface area contributed by atoms with Gasteiger partial charge in [0.2, 0.25) is 0 Å². The molecule has 186 valence electrons. The fraction of sp³-hybridized carbons (Fsp3) is 0.565. The van der Waals surface area contributed by atoms with Crippen molar-refractivity contribution in [3.05, 3.63) is 39.7 Å². The third-order valence-electron chi connectivity index (χ3n) is 6.10. The van der Waals surface area contributed by atoms with E-state index in [1.807, 2.05) is 0 Å². The fourth-order valence-electron chi connectivity index (χ4n) is 3.70. The summed E-state index contributed by atoms with van der Waals surface area (Å²) in [6.07, 6.45) is -5.55. The molecule has 0 spiro atoms. The van der Waals surface area contributed by atoms with Crippen molar-refractivity contribution in [2.75, 3.05) is 0 Å². The lowest BCUT2D eigenvalue weighted by atomic mass is 9.75. The first kappa shape index (κ1) is 26.1. The van der Waals surface area contributed by atoms with Gasteiger partial charge in [0, 0.05) is 19.0 Å². The molecule has 7 nitrogen and oxygen atoms in total. The van der Waals surface area contributed by atoms with E-state index in [9.17, 15) is 22.8 Å². The molecule has 0 saturated carbocycles. The van der Waals surface area contributed by atoms with Crippen LogP contribution in [0.1, 0.15) is 59.6 Å². The third-order valence-corrected chi connectivity index (χ3v) is 6.10. The highest BCUT2D eigenvalue weighted by atomic mass is 19.4. The van der Waals surface area contributed by atoms with E-state index in [-0.39, 0.29) is 17.4 Å². The van der Waals surface area contributed by atoms with Crippen LogP contribution in [0.15, 0.2) is 23.0 Å². The van der Waals surface area contributed by atoms with Gasteiger partial charge in [-0.1, -0.05) is 6.07 Å². The van der Waals surface area contributed by atoms with Crippen LogP contribution < -0.4 is 16.3 Å². The summed E-state index contributed by atoms with van der Waals surface area (Å²) in [7, 11) is -0.0914. The lowest BCUT2D eigenvalue weighted by molar-refractivity contribution is -0.135. The van der Waals surface area contributed by atoms with Crippen LogP contribution in [0.2, 0.25) is 0 Å². The topological polar surface area (TPSA) is 78.8 Å². The molecule has 1 aliphatic rings. The Balaban J connectivity index is 2.14. The minimum Gasteiger partial charge on any atom is -0.444 e. The molecule has 0 unspecified atom stereocenters. The van der Waals surface area contributed by atoms with Crippen LogP contribution in [0.5, 0.6) is 0 Å². The van der Waals surface area contributed by atoms with Crippen LogP contribution >= 0.6 is 0 Å². The first-order valence-electron chi connectivity index (χ1n) is 10.9. The van der Waals surface area contributed by atoms with Crippen molar-refractivity contribution in [3.63, 3.8) is 0 Å². The molecule has 1 aliphatic heterocycles. The SMILES string of the molecule is Cn1c(=O)c(B2OC(C)(C)C(C)(C)O2)c(C(F)(F)F)c2cc(CNC(=O)OC(C)(C)C)ccc21. The summed E-state index contributed by atoms with van der Waals surface area (Å²) in [5.41, 5.74) is -4.63. The van der Waals surface area contributed by atoms with Gasteiger partial charge in [-0.3, -0.25) is 4.79 Å². The highest BCUT2D eigenvalue weighted by molar-refractivity contribution is 6.63. The smallest absolute Gasteiger partial charge is 0.444 e. The molecule has 34 heavy (non-hydrogen) atoms. The number of carbonyl (C=O) groups is 1. The summed E-state index contributed by atoms with van der Waals surface area (Å²) in [6, 6.07) is 4.28. The number of benzene rings is 1. The Morgan fingerprint density at radius 3 is 2.18 bits per heavy atom. The largest absolute Gasteiger partial charge is 0.501 e. The van der Waals surface area contributed by atoms with E-state index < -0.39 is 52.8 Å². The minimum atomic E-state index is -4.86. The Bertz CT molecular complexity index is 1170. The first-order valence-corrected chi connectivity index (χ1v) is 10.9. The average Bonchev–Trinajstić information content (AvgIpc) is 2.87. The van der Waals surface area contributed by atoms with Gasteiger partial charge in [0.25, 0.3) is 5.56 Å². The second-order valence-electron chi connectivity index (χ2n) is 10.4. The van der Waals surface area contributed by atoms with Gasteiger partial charge in [-0.25, -0.2) is 4.79 Å². The zero-order valence-electron chi connectivity index (χ0n) is 20.6. The second kappa shape index (κ2) is 8.30. The summed E-state index contributed by atoms with van der Waals surface area (Å²) >= 11 is 0. The molecule has 1 aromatic heterocycles. The van der Waals surface area contributed by atoms with Crippen LogP contribution in [0.3, 0.4) is 0 Å². The molecule has 1 fully saturated rings. The number of rotatable bonds is 3. The molecule has 2 heterocycles. The Kier molecular flexibility index (Phi) is 6.37. The lowest BCUT2D eigenvalue weighted by Crippen LogP contribution is -2.51. The van der Waals surface area contributed by atoms with E-state index in [0.717, 1.165) is 4.57 Å². The quantitative estimate of drug-likeness (QED) is 0.672. The number of pyridine rings is 1. The van der Waals surface area contributed by atoms with Gasteiger partial charge >= 0.3 is 19.4 Å². The number of aryl methyl sites for hydroxylation is 1. The highest BCUT2D eigenvalue weighted by Crippen LogP contribution is 2.39. The summed E-state index contributed by atoms with van der Waals surface area (Å²) < 4.78 is 61.2. The second-order valence-corrected chi connectivity index (χ2v) is 10.4. The van der Waals surface area contributed by atoms with Crippen molar-refractivity contribution < 1.29 is 32.0 Å². The van der Waals surface area contributed by atoms with Gasteiger partial charge in [0.15, 0.2) is 0 Å². The molecule has 1 saturated heterocycles. The lowest BCUT2D eigenvalue weighted by Gasteiger charge is -2.32. The summed E-state index contributed by atoms with van der Waals surface area (Å²) in [4.78, 5) is 25.1. The van der Waals surface area contributed by atoms with Crippen molar-refractivity contribution in [2.45, 2.75) is 78.0 Å². The van der Waals surface area contributed by atoms with Gasteiger partial charge in [-0.15, -0.1) is 0 Å². The number of amides is 1. The standard InChI is InChI=1S/C23H30BF3N2O5/c1-20(2,3)32-19(31)28-12-13-9-10-15-14(11-13)16(23(25,26)27)17(18(30)29(15)8)24-33-21(4,5)22(6,7)34-24/h9-11H,12H2,1-8H3,(H,28,31). The van der Waals surface area contributed by atoms with E-state index >= 15 is 0 Å². The number of nitrogens with one attached hydrogen (secondary N) is 1. The molecule has 0 radical (unpaired) electrons. The number of ether oxygens (including phenoxy) is 1. The Morgan fingerprint density at radius 1 is 1.12 bits per heavy atom. The van der Waals surface area contributed by atoms with Gasteiger partial charge in [-0.05, 0) is 66.2 Å². The molecular weight excluding hydrogens is 452 g/mol. The first-order chi connectivity index (χ1) is 15.3.